The van der Waals surface area contributed by atoms with Gasteiger partial charge >= 0.3 is 6.03 Å². The van der Waals surface area contributed by atoms with Crippen molar-refractivity contribution in [2.45, 2.75) is 32.2 Å². The first-order valence-electron chi connectivity index (χ1n) is 11.0. The molecule has 6 heteroatoms. The molecule has 2 fully saturated rings. The Hall–Kier alpha value is -1.63. The van der Waals surface area contributed by atoms with Crippen molar-refractivity contribution in [3.63, 3.8) is 0 Å². The van der Waals surface area contributed by atoms with Crippen LogP contribution in [-0.2, 0) is 6.54 Å². The maximum Gasteiger partial charge on any atom is 0.314 e. The van der Waals surface area contributed by atoms with Gasteiger partial charge in [0, 0.05) is 52.4 Å². The Bertz CT molecular complexity index is 553. The van der Waals surface area contributed by atoms with Gasteiger partial charge in [-0.3, -0.25) is 4.90 Å². The zero-order valence-corrected chi connectivity index (χ0v) is 17.2. The first-order chi connectivity index (χ1) is 13.8. The third-order valence-electron chi connectivity index (χ3n) is 5.81. The van der Waals surface area contributed by atoms with Crippen LogP contribution in [0, 0.1) is 0 Å². The van der Waals surface area contributed by atoms with Gasteiger partial charge in [-0.2, -0.15) is 0 Å². The second-order valence-corrected chi connectivity index (χ2v) is 8.04. The molecule has 156 valence electrons. The Morgan fingerprint density at radius 3 is 2.14 bits per heavy atom. The molecule has 0 saturated carbocycles. The lowest BCUT2D eigenvalue weighted by molar-refractivity contribution is 0.126. The zero-order valence-electron chi connectivity index (χ0n) is 17.2. The quantitative estimate of drug-likeness (QED) is 0.636. The first-order valence-corrected chi connectivity index (χ1v) is 11.0. The van der Waals surface area contributed by atoms with E-state index in [1.807, 2.05) is 0 Å². The molecule has 1 aromatic carbocycles. The van der Waals surface area contributed by atoms with E-state index >= 15 is 0 Å². The van der Waals surface area contributed by atoms with E-state index in [0.29, 0.717) is 0 Å². The highest BCUT2D eigenvalue weighted by molar-refractivity contribution is 5.73. The molecule has 2 saturated heterocycles. The summed E-state index contributed by atoms with van der Waals surface area (Å²) in [5, 5.41) is 5.98. The van der Waals surface area contributed by atoms with Crippen molar-refractivity contribution < 1.29 is 4.79 Å². The van der Waals surface area contributed by atoms with Crippen LogP contribution in [0.2, 0.25) is 0 Å². The lowest BCUT2D eigenvalue weighted by Gasteiger charge is -2.34. The van der Waals surface area contributed by atoms with Gasteiger partial charge in [-0.25, -0.2) is 4.79 Å². The molecule has 2 heterocycles. The van der Waals surface area contributed by atoms with E-state index in [1.54, 1.807) is 0 Å². The molecule has 0 bridgehead atoms. The van der Waals surface area contributed by atoms with E-state index in [4.69, 9.17) is 0 Å². The van der Waals surface area contributed by atoms with Gasteiger partial charge < -0.3 is 20.4 Å². The third kappa shape index (κ3) is 7.78. The van der Waals surface area contributed by atoms with Gasteiger partial charge in [-0.05, 0) is 44.5 Å². The first kappa shape index (κ1) is 21.1. The molecule has 0 spiro atoms. The summed E-state index contributed by atoms with van der Waals surface area (Å²) < 4.78 is 0. The summed E-state index contributed by atoms with van der Waals surface area (Å²) in [6.45, 7) is 11.4. The Balaban J connectivity index is 1.18. The molecule has 28 heavy (non-hydrogen) atoms. The number of benzene rings is 1. The molecule has 2 amide bonds. The van der Waals surface area contributed by atoms with Crippen molar-refractivity contribution in [1.82, 2.24) is 25.3 Å². The smallest absolute Gasteiger partial charge is 0.314 e. The van der Waals surface area contributed by atoms with E-state index in [1.165, 1.54) is 37.9 Å². The summed E-state index contributed by atoms with van der Waals surface area (Å²) >= 11 is 0. The number of piperidine rings is 1. The molecule has 0 atom stereocenters. The lowest BCUT2D eigenvalue weighted by atomic mass is 10.1. The normalized spacial score (nSPS) is 19.4. The van der Waals surface area contributed by atoms with Gasteiger partial charge in [-0.1, -0.05) is 36.8 Å². The molecular formula is C22H37N5O. The second kappa shape index (κ2) is 12.0. The van der Waals surface area contributed by atoms with Crippen LogP contribution in [0.5, 0.6) is 0 Å². The van der Waals surface area contributed by atoms with Gasteiger partial charge in [0.25, 0.3) is 0 Å². The number of amides is 2. The van der Waals surface area contributed by atoms with Gasteiger partial charge in [0.15, 0.2) is 0 Å². The number of hydrogen-bond donors (Lipinski definition) is 2. The van der Waals surface area contributed by atoms with Crippen LogP contribution in [0.4, 0.5) is 4.79 Å². The number of carbonyl (C=O) groups is 1. The molecule has 0 unspecified atom stereocenters. The van der Waals surface area contributed by atoms with Crippen molar-refractivity contribution in [3.05, 3.63) is 35.9 Å². The zero-order chi connectivity index (χ0) is 19.4. The number of rotatable bonds is 9. The van der Waals surface area contributed by atoms with E-state index in [0.717, 1.165) is 65.3 Å². The van der Waals surface area contributed by atoms with Gasteiger partial charge in [0.1, 0.15) is 0 Å². The summed E-state index contributed by atoms with van der Waals surface area (Å²) in [6, 6.07) is 10.7. The van der Waals surface area contributed by atoms with Crippen molar-refractivity contribution in [2.24, 2.45) is 0 Å². The summed E-state index contributed by atoms with van der Waals surface area (Å²) in [5.74, 6) is 0. The van der Waals surface area contributed by atoms with Crippen LogP contribution >= 0.6 is 0 Å². The minimum absolute atomic E-state index is 0.0234. The molecule has 1 aromatic rings. The number of urea groups is 1. The molecule has 2 aliphatic heterocycles. The highest BCUT2D eigenvalue weighted by atomic mass is 16.2. The van der Waals surface area contributed by atoms with E-state index in [9.17, 15) is 4.79 Å². The van der Waals surface area contributed by atoms with Crippen LogP contribution in [-0.4, -0.2) is 86.2 Å². The maximum atomic E-state index is 11.9. The molecule has 3 rings (SSSR count). The van der Waals surface area contributed by atoms with Crippen LogP contribution < -0.4 is 10.6 Å². The average molecular weight is 388 g/mol. The fourth-order valence-electron chi connectivity index (χ4n) is 4.09. The molecule has 2 N–H and O–H groups in total. The molecule has 6 nitrogen and oxygen atoms in total. The average Bonchev–Trinajstić information content (AvgIpc) is 2.74. The fraction of sp³-hybridized carbons (Fsp3) is 0.682. The standard InChI is InChI=1S/C22H37N5O/c28-22(24-11-15-25-12-5-2-6-13-25)23-10-7-14-26-16-18-27(19-17-26)20-21-8-3-1-4-9-21/h1,3-4,8-9H,2,5-7,10-20H2,(H2,23,24,28). The Kier molecular flexibility index (Phi) is 9.07. The lowest BCUT2D eigenvalue weighted by Crippen LogP contribution is -2.46. The van der Waals surface area contributed by atoms with Crippen molar-refractivity contribution in [2.75, 3.05) is 65.4 Å². The maximum absolute atomic E-state index is 11.9. The number of nitrogens with zero attached hydrogens (tertiary/aromatic N) is 3. The monoisotopic (exact) mass is 387 g/mol. The highest BCUT2D eigenvalue weighted by Crippen LogP contribution is 2.09. The van der Waals surface area contributed by atoms with E-state index in [-0.39, 0.29) is 6.03 Å². The molecular weight excluding hydrogens is 350 g/mol. The van der Waals surface area contributed by atoms with Crippen molar-refractivity contribution in [1.29, 1.82) is 0 Å². The summed E-state index contributed by atoms with van der Waals surface area (Å²) in [5.41, 5.74) is 1.39. The minimum Gasteiger partial charge on any atom is -0.338 e. The van der Waals surface area contributed by atoms with Crippen molar-refractivity contribution >= 4 is 6.03 Å². The Morgan fingerprint density at radius 1 is 0.750 bits per heavy atom. The van der Waals surface area contributed by atoms with Gasteiger partial charge in [-0.15, -0.1) is 0 Å². The predicted molar refractivity (Wildman–Crippen MR) is 114 cm³/mol. The summed E-state index contributed by atoms with van der Waals surface area (Å²) in [6.07, 6.45) is 4.96. The van der Waals surface area contributed by atoms with Crippen LogP contribution in [0.1, 0.15) is 31.2 Å². The van der Waals surface area contributed by atoms with Gasteiger partial charge in [0.2, 0.25) is 0 Å². The third-order valence-corrected chi connectivity index (χ3v) is 5.81. The summed E-state index contributed by atoms with van der Waals surface area (Å²) in [7, 11) is 0. The number of piperazine rings is 1. The molecule has 0 radical (unpaired) electrons. The van der Waals surface area contributed by atoms with Gasteiger partial charge in [0.05, 0.1) is 0 Å². The van der Waals surface area contributed by atoms with E-state index in [2.05, 4.69) is 55.7 Å². The van der Waals surface area contributed by atoms with Crippen LogP contribution in [0.15, 0.2) is 30.3 Å². The Labute approximate surface area is 170 Å². The fourth-order valence-corrected chi connectivity index (χ4v) is 4.09. The van der Waals surface area contributed by atoms with Crippen LogP contribution in [0.25, 0.3) is 0 Å². The predicted octanol–water partition coefficient (Wildman–Crippen LogP) is 1.98. The molecule has 0 aliphatic carbocycles. The Morgan fingerprint density at radius 2 is 1.39 bits per heavy atom. The number of nitrogens with one attached hydrogen (secondary N) is 2. The highest BCUT2D eigenvalue weighted by Gasteiger charge is 2.16. The largest absolute Gasteiger partial charge is 0.338 e. The second-order valence-electron chi connectivity index (χ2n) is 8.04. The summed E-state index contributed by atoms with van der Waals surface area (Å²) in [4.78, 5) is 19.4. The number of likely N-dealkylation sites (tertiary alicyclic amines) is 1. The van der Waals surface area contributed by atoms with Crippen molar-refractivity contribution in [3.8, 4) is 0 Å². The number of hydrogen-bond acceptors (Lipinski definition) is 4. The van der Waals surface area contributed by atoms with E-state index < -0.39 is 0 Å². The van der Waals surface area contributed by atoms with Crippen LogP contribution in [0.3, 0.4) is 0 Å². The SMILES string of the molecule is O=C(NCCCN1CCN(Cc2ccccc2)CC1)NCCN1CCCCC1. The topological polar surface area (TPSA) is 50.9 Å². The molecule has 0 aromatic heterocycles. The number of carbonyl (C=O) groups excluding carboxylic acids is 1. The molecule has 2 aliphatic rings. The minimum atomic E-state index is -0.0234.